The standard InChI is InChI=1S/C15H20ClN3/c1-6-13-11(4)18-19(12(13)5)15-14(8-16)9(2)7-10(3)17-15/h7H,6,8H2,1-5H3. The largest absolute Gasteiger partial charge is 0.234 e. The van der Waals surface area contributed by atoms with E-state index in [0.717, 1.165) is 34.9 Å². The molecule has 0 aliphatic rings. The van der Waals surface area contributed by atoms with Crippen LogP contribution in [0.25, 0.3) is 5.82 Å². The second-order valence-electron chi connectivity index (χ2n) is 4.93. The number of pyridine rings is 1. The number of halogens is 1. The van der Waals surface area contributed by atoms with E-state index in [-0.39, 0.29) is 0 Å². The number of nitrogens with zero attached hydrogens (tertiary/aromatic N) is 3. The summed E-state index contributed by atoms with van der Waals surface area (Å²) in [4.78, 5) is 4.64. The van der Waals surface area contributed by atoms with Gasteiger partial charge in [-0.05, 0) is 51.3 Å². The van der Waals surface area contributed by atoms with Crippen molar-refractivity contribution in [3.05, 3.63) is 39.8 Å². The van der Waals surface area contributed by atoms with Crippen LogP contribution in [0, 0.1) is 27.7 Å². The molecule has 0 aliphatic carbocycles. The zero-order chi connectivity index (χ0) is 14.2. The molecule has 0 N–H and O–H groups in total. The molecule has 0 amide bonds. The van der Waals surface area contributed by atoms with Crippen molar-refractivity contribution in [2.45, 2.75) is 46.9 Å². The predicted molar refractivity (Wildman–Crippen MR) is 79.2 cm³/mol. The molecular formula is C15H20ClN3. The summed E-state index contributed by atoms with van der Waals surface area (Å²) in [5.41, 5.74) is 6.74. The van der Waals surface area contributed by atoms with E-state index in [9.17, 15) is 0 Å². The number of aromatic nitrogens is 3. The first-order valence-corrected chi connectivity index (χ1v) is 7.11. The van der Waals surface area contributed by atoms with Crippen molar-refractivity contribution >= 4 is 11.6 Å². The van der Waals surface area contributed by atoms with E-state index in [0.29, 0.717) is 5.88 Å². The first-order chi connectivity index (χ1) is 8.99. The van der Waals surface area contributed by atoms with E-state index in [2.05, 4.69) is 36.9 Å². The molecule has 0 aromatic carbocycles. The maximum absolute atomic E-state index is 6.09. The van der Waals surface area contributed by atoms with Crippen LogP contribution in [-0.2, 0) is 12.3 Å². The molecule has 0 spiro atoms. The molecule has 0 fully saturated rings. The molecule has 0 unspecified atom stereocenters. The van der Waals surface area contributed by atoms with Crippen molar-refractivity contribution in [1.82, 2.24) is 14.8 Å². The molecule has 102 valence electrons. The first-order valence-electron chi connectivity index (χ1n) is 6.58. The van der Waals surface area contributed by atoms with E-state index >= 15 is 0 Å². The minimum absolute atomic E-state index is 0.453. The highest BCUT2D eigenvalue weighted by Gasteiger charge is 2.16. The Labute approximate surface area is 119 Å². The monoisotopic (exact) mass is 277 g/mol. The molecule has 0 aliphatic heterocycles. The highest BCUT2D eigenvalue weighted by molar-refractivity contribution is 6.17. The lowest BCUT2D eigenvalue weighted by Gasteiger charge is -2.12. The van der Waals surface area contributed by atoms with Gasteiger partial charge in [0.1, 0.15) is 0 Å². The lowest BCUT2D eigenvalue weighted by atomic mass is 10.1. The van der Waals surface area contributed by atoms with Gasteiger partial charge in [0.2, 0.25) is 0 Å². The average Bonchev–Trinajstić information content (AvgIpc) is 2.63. The molecule has 0 bridgehead atoms. The number of hydrogen-bond acceptors (Lipinski definition) is 2. The number of aryl methyl sites for hydroxylation is 3. The maximum Gasteiger partial charge on any atom is 0.158 e. The molecule has 0 radical (unpaired) electrons. The van der Waals surface area contributed by atoms with Crippen molar-refractivity contribution in [2.75, 3.05) is 0 Å². The maximum atomic E-state index is 6.09. The Morgan fingerprint density at radius 3 is 2.37 bits per heavy atom. The van der Waals surface area contributed by atoms with Crippen molar-refractivity contribution in [3.63, 3.8) is 0 Å². The molecule has 2 aromatic rings. The number of rotatable bonds is 3. The van der Waals surface area contributed by atoms with Gasteiger partial charge in [-0.3, -0.25) is 0 Å². The minimum atomic E-state index is 0.453. The summed E-state index contributed by atoms with van der Waals surface area (Å²) in [6.45, 7) is 10.4. The molecule has 2 aromatic heterocycles. The van der Waals surface area contributed by atoms with Crippen LogP contribution in [0.1, 0.15) is 40.7 Å². The summed E-state index contributed by atoms with van der Waals surface area (Å²) in [5, 5.41) is 4.64. The Hall–Kier alpha value is -1.35. The highest BCUT2D eigenvalue weighted by Crippen LogP contribution is 2.23. The van der Waals surface area contributed by atoms with Crippen molar-refractivity contribution in [2.24, 2.45) is 0 Å². The minimum Gasteiger partial charge on any atom is -0.234 e. The molecule has 0 saturated carbocycles. The summed E-state index contributed by atoms with van der Waals surface area (Å²) in [6, 6.07) is 2.06. The third-order valence-electron chi connectivity index (χ3n) is 3.58. The Morgan fingerprint density at radius 1 is 1.16 bits per heavy atom. The Balaban J connectivity index is 2.71. The Bertz CT molecular complexity index is 614. The van der Waals surface area contributed by atoms with Crippen molar-refractivity contribution < 1.29 is 0 Å². The second-order valence-corrected chi connectivity index (χ2v) is 5.20. The van der Waals surface area contributed by atoms with Crippen molar-refractivity contribution in [3.8, 4) is 5.82 Å². The van der Waals surface area contributed by atoms with Gasteiger partial charge < -0.3 is 0 Å². The van der Waals surface area contributed by atoms with Crippen LogP contribution in [0.2, 0.25) is 0 Å². The molecular weight excluding hydrogens is 258 g/mol. The third-order valence-corrected chi connectivity index (χ3v) is 3.85. The van der Waals surface area contributed by atoms with Gasteiger partial charge in [-0.15, -0.1) is 11.6 Å². The first kappa shape index (κ1) is 14.1. The van der Waals surface area contributed by atoms with E-state index in [1.165, 1.54) is 11.1 Å². The molecule has 0 atom stereocenters. The van der Waals surface area contributed by atoms with Crippen LogP contribution >= 0.6 is 11.6 Å². The second kappa shape index (κ2) is 5.33. The third kappa shape index (κ3) is 2.39. The fraction of sp³-hybridized carbons (Fsp3) is 0.467. The van der Waals surface area contributed by atoms with E-state index in [1.807, 2.05) is 18.5 Å². The predicted octanol–water partition coefficient (Wildman–Crippen LogP) is 3.80. The summed E-state index contributed by atoms with van der Waals surface area (Å²) in [6.07, 6.45) is 0.985. The topological polar surface area (TPSA) is 30.7 Å². The van der Waals surface area contributed by atoms with E-state index in [4.69, 9.17) is 11.6 Å². The van der Waals surface area contributed by atoms with Crippen LogP contribution in [-0.4, -0.2) is 14.8 Å². The Kier molecular flexibility index (Phi) is 3.95. The number of alkyl halides is 1. The zero-order valence-electron chi connectivity index (χ0n) is 12.2. The summed E-state index contributed by atoms with van der Waals surface area (Å²) in [5.74, 6) is 1.32. The quantitative estimate of drug-likeness (QED) is 0.799. The van der Waals surface area contributed by atoms with Gasteiger partial charge in [0, 0.05) is 17.0 Å². The zero-order valence-corrected chi connectivity index (χ0v) is 13.0. The smallest absolute Gasteiger partial charge is 0.158 e. The van der Waals surface area contributed by atoms with Crippen molar-refractivity contribution in [1.29, 1.82) is 0 Å². The van der Waals surface area contributed by atoms with Crippen LogP contribution in [0.15, 0.2) is 6.07 Å². The fourth-order valence-electron chi connectivity index (χ4n) is 2.58. The van der Waals surface area contributed by atoms with Gasteiger partial charge in [0.15, 0.2) is 5.82 Å². The average molecular weight is 278 g/mol. The van der Waals surface area contributed by atoms with Gasteiger partial charge in [0.05, 0.1) is 11.6 Å². The lowest BCUT2D eigenvalue weighted by Crippen LogP contribution is -2.08. The van der Waals surface area contributed by atoms with E-state index < -0.39 is 0 Å². The molecule has 0 saturated heterocycles. The van der Waals surface area contributed by atoms with Crippen LogP contribution in [0.5, 0.6) is 0 Å². The molecule has 3 nitrogen and oxygen atoms in total. The van der Waals surface area contributed by atoms with Crippen LogP contribution in [0.4, 0.5) is 0 Å². The van der Waals surface area contributed by atoms with Gasteiger partial charge in [-0.2, -0.15) is 5.10 Å². The lowest BCUT2D eigenvalue weighted by molar-refractivity contribution is 0.789. The normalized spacial score (nSPS) is 11.1. The Morgan fingerprint density at radius 2 is 1.84 bits per heavy atom. The van der Waals surface area contributed by atoms with Gasteiger partial charge in [-0.25, -0.2) is 9.67 Å². The SMILES string of the molecule is CCc1c(C)nn(-c2nc(C)cc(C)c2CCl)c1C. The summed E-state index contributed by atoms with van der Waals surface area (Å²) < 4.78 is 1.94. The van der Waals surface area contributed by atoms with Crippen LogP contribution < -0.4 is 0 Å². The van der Waals surface area contributed by atoms with Crippen LogP contribution in [0.3, 0.4) is 0 Å². The fourth-order valence-corrected chi connectivity index (χ4v) is 2.91. The highest BCUT2D eigenvalue weighted by atomic mass is 35.5. The molecule has 2 rings (SSSR count). The molecule has 2 heterocycles. The van der Waals surface area contributed by atoms with Gasteiger partial charge in [0.25, 0.3) is 0 Å². The summed E-state index contributed by atoms with van der Waals surface area (Å²) >= 11 is 6.09. The molecule has 19 heavy (non-hydrogen) atoms. The van der Waals surface area contributed by atoms with Gasteiger partial charge >= 0.3 is 0 Å². The molecule has 4 heteroatoms. The van der Waals surface area contributed by atoms with E-state index in [1.54, 1.807) is 0 Å². The summed E-state index contributed by atoms with van der Waals surface area (Å²) in [7, 11) is 0. The number of hydrogen-bond donors (Lipinski definition) is 0. The van der Waals surface area contributed by atoms with Gasteiger partial charge in [-0.1, -0.05) is 6.92 Å².